The van der Waals surface area contributed by atoms with E-state index in [4.69, 9.17) is 4.98 Å². The second-order valence-electron chi connectivity index (χ2n) is 10.4. The van der Waals surface area contributed by atoms with Gasteiger partial charge in [0.05, 0.1) is 5.69 Å². The van der Waals surface area contributed by atoms with Crippen molar-refractivity contribution in [3.63, 3.8) is 0 Å². The highest BCUT2D eigenvalue weighted by Crippen LogP contribution is 2.32. The first-order valence-electron chi connectivity index (χ1n) is 11.1. The summed E-state index contributed by atoms with van der Waals surface area (Å²) in [5.74, 6) is 0.536. The maximum Gasteiger partial charge on any atom is 0.226 e. The lowest BCUT2D eigenvalue weighted by Gasteiger charge is -2.41. The molecular formula is C24H35N5O. The first-order chi connectivity index (χ1) is 14.0. The normalized spacial score (nSPS) is 23.5. The van der Waals surface area contributed by atoms with Crippen molar-refractivity contribution in [2.45, 2.75) is 77.3 Å². The average Bonchev–Trinajstić information content (AvgIpc) is 2.92. The fourth-order valence-corrected chi connectivity index (χ4v) is 5.49. The Kier molecular flexibility index (Phi) is 5.25. The molecule has 1 saturated heterocycles. The highest BCUT2D eigenvalue weighted by Gasteiger charge is 2.34. The SMILES string of the molecule is Cc1nn(C)c2nc([C@@H]3CCCN(C(=O)CC4=CC(C)(C)NC(C)(C)C4)C3)ccc12. The van der Waals surface area contributed by atoms with Crippen molar-refractivity contribution in [3.8, 4) is 0 Å². The number of nitrogens with zero attached hydrogens (tertiary/aromatic N) is 4. The predicted octanol–water partition coefficient (Wildman–Crippen LogP) is 3.85. The van der Waals surface area contributed by atoms with Gasteiger partial charge in [0.25, 0.3) is 0 Å². The summed E-state index contributed by atoms with van der Waals surface area (Å²) >= 11 is 0. The van der Waals surface area contributed by atoms with Gasteiger partial charge in [0.1, 0.15) is 0 Å². The Morgan fingerprint density at radius 1 is 1.27 bits per heavy atom. The zero-order chi connectivity index (χ0) is 21.7. The van der Waals surface area contributed by atoms with Crippen molar-refractivity contribution in [3.05, 3.63) is 35.2 Å². The van der Waals surface area contributed by atoms with E-state index in [1.165, 1.54) is 5.57 Å². The molecule has 0 saturated carbocycles. The third-order valence-corrected chi connectivity index (χ3v) is 6.36. The molecule has 2 aliphatic heterocycles. The van der Waals surface area contributed by atoms with Gasteiger partial charge in [-0.3, -0.25) is 9.48 Å². The summed E-state index contributed by atoms with van der Waals surface area (Å²) in [7, 11) is 1.94. The smallest absolute Gasteiger partial charge is 0.226 e. The number of hydrogen-bond acceptors (Lipinski definition) is 4. The van der Waals surface area contributed by atoms with Gasteiger partial charge in [0.15, 0.2) is 5.65 Å². The van der Waals surface area contributed by atoms with Crippen molar-refractivity contribution < 1.29 is 4.79 Å². The quantitative estimate of drug-likeness (QED) is 0.782. The summed E-state index contributed by atoms with van der Waals surface area (Å²) < 4.78 is 1.85. The predicted molar refractivity (Wildman–Crippen MR) is 120 cm³/mol. The highest BCUT2D eigenvalue weighted by atomic mass is 16.2. The molecule has 2 aliphatic rings. The fourth-order valence-electron chi connectivity index (χ4n) is 5.49. The van der Waals surface area contributed by atoms with Crippen molar-refractivity contribution in [1.29, 1.82) is 0 Å². The molecule has 4 heterocycles. The van der Waals surface area contributed by atoms with Crippen LogP contribution in [0.5, 0.6) is 0 Å². The molecule has 0 spiro atoms. The van der Waals surface area contributed by atoms with E-state index in [-0.39, 0.29) is 22.9 Å². The van der Waals surface area contributed by atoms with E-state index >= 15 is 0 Å². The largest absolute Gasteiger partial charge is 0.342 e. The lowest BCUT2D eigenvalue weighted by Crippen LogP contribution is -2.54. The number of carbonyl (C=O) groups excluding carboxylic acids is 1. The molecule has 0 radical (unpaired) electrons. The van der Waals surface area contributed by atoms with Crippen molar-refractivity contribution >= 4 is 16.9 Å². The van der Waals surface area contributed by atoms with Crippen LogP contribution in [0.2, 0.25) is 0 Å². The third kappa shape index (κ3) is 4.29. The van der Waals surface area contributed by atoms with Crippen LogP contribution in [0.3, 0.4) is 0 Å². The Morgan fingerprint density at radius 2 is 2.03 bits per heavy atom. The molecule has 0 bridgehead atoms. The van der Waals surface area contributed by atoms with Crippen LogP contribution in [0.4, 0.5) is 0 Å². The van der Waals surface area contributed by atoms with Gasteiger partial charge in [-0.05, 0) is 66.0 Å². The van der Waals surface area contributed by atoms with Crippen LogP contribution in [0.15, 0.2) is 23.8 Å². The summed E-state index contributed by atoms with van der Waals surface area (Å²) in [5, 5.41) is 9.24. The number of amides is 1. The number of nitrogens with one attached hydrogen (secondary N) is 1. The van der Waals surface area contributed by atoms with Crippen LogP contribution in [0, 0.1) is 6.92 Å². The van der Waals surface area contributed by atoms with Crippen LogP contribution < -0.4 is 5.32 Å². The average molecular weight is 410 g/mol. The minimum atomic E-state index is -0.0810. The molecule has 1 fully saturated rings. The maximum atomic E-state index is 13.2. The molecule has 1 N–H and O–H groups in total. The number of likely N-dealkylation sites (tertiary alicyclic amines) is 1. The molecule has 0 aromatic carbocycles. The molecule has 6 nitrogen and oxygen atoms in total. The van der Waals surface area contributed by atoms with Crippen molar-refractivity contribution in [2.75, 3.05) is 13.1 Å². The van der Waals surface area contributed by atoms with E-state index in [0.29, 0.717) is 6.42 Å². The zero-order valence-corrected chi connectivity index (χ0v) is 19.2. The van der Waals surface area contributed by atoms with E-state index < -0.39 is 0 Å². The highest BCUT2D eigenvalue weighted by molar-refractivity contribution is 5.79. The first kappa shape index (κ1) is 21.0. The number of piperidine rings is 1. The van der Waals surface area contributed by atoms with Crippen molar-refractivity contribution in [1.82, 2.24) is 25.0 Å². The number of rotatable bonds is 3. The van der Waals surface area contributed by atoms with Gasteiger partial charge < -0.3 is 10.2 Å². The number of aromatic nitrogens is 3. The Labute approximate surface area is 179 Å². The third-order valence-electron chi connectivity index (χ3n) is 6.36. The number of fused-ring (bicyclic) bond motifs is 1. The van der Waals surface area contributed by atoms with Gasteiger partial charge in [-0.2, -0.15) is 5.10 Å². The molecule has 6 heteroatoms. The number of pyridine rings is 1. The number of aryl methyl sites for hydroxylation is 2. The Balaban J connectivity index is 1.48. The van der Waals surface area contributed by atoms with Crippen LogP contribution in [-0.2, 0) is 11.8 Å². The summed E-state index contributed by atoms with van der Waals surface area (Å²) in [4.78, 5) is 20.1. The molecule has 30 heavy (non-hydrogen) atoms. The van der Waals surface area contributed by atoms with E-state index in [2.05, 4.69) is 61.2 Å². The standard InChI is InChI=1S/C24H35N5O/c1-16-19-9-10-20(25-22(19)28(6)26-16)18-8-7-11-29(15-18)21(30)12-17-13-23(2,3)27-24(4,5)14-17/h9-10,13,18,27H,7-8,11-12,14-15H2,1-6H3/t18-/m1/s1. The molecule has 4 rings (SSSR count). The van der Waals surface area contributed by atoms with Gasteiger partial charge in [-0.25, -0.2) is 4.98 Å². The van der Waals surface area contributed by atoms with Gasteiger partial charge in [-0.15, -0.1) is 0 Å². The van der Waals surface area contributed by atoms with Gasteiger partial charge in [0.2, 0.25) is 5.91 Å². The minimum absolute atomic E-state index is 0.0128. The summed E-state index contributed by atoms with van der Waals surface area (Å²) in [6.45, 7) is 12.4. The maximum absolute atomic E-state index is 13.2. The van der Waals surface area contributed by atoms with Crippen LogP contribution in [0.25, 0.3) is 11.0 Å². The van der Waals surface area contributed by atoms with Crippen LogP contribution in [-0.4, -0.2) is 49.7 Å². The first-order valence-corrected chi connectivity index (χ1v) is 11.1. The van der Waals surface area contributed by atoms with Crippen LogP contribution >= 0.6 is 0 Å². The summed E-state index contributed by atoms with van der Waals surface area (Å²) in [6.07, 6.45) is 5.79. The Bertz CT molecular complexity index is 1000. The monoisotopic (exact) mass is 409 g/mol. The van der Waals surface area contributed by atoms with E-state index in [1.807, 2.05) is 18.7 Å². The molecule has 2 aromatic rings. The second-order valence-corrected chi connectivity index (χ2v) is 10.4. The van der Waals surface area contributed by atoms with E-state index in [0.717, 1.165) is 54.8 Å². The number of carbonyl (C=O) groups is 1. The second kappa shape index (κ2) is 7.49. The topological polar surface area (TPSA) is 63.1 Å². The molecule has 1 amide bonds. The lowest BCUT2D eigenvalue weighted by atomic mass is 9.82. The summed E-state index contributed by atoms with van der Waals surface area (Å²) in [6, 6.07) is 4.25. The molecular weight excluding hydrogens is 374 g/mol. The molecule has 162 valence electrons. The number of hydrogen-bond donors (Lipinski definition) is 1. The molecule has 1 atom stereocenters. The van der Waals surface area contributed by atoms with Crippen LogP contribution in [0.1, 0.15) is 70.7 Å². The van der Waals surface area contributed by atoms with E-state index in [9.17, 15) is 4.79 Å². The Morgan fingerprint density at radius 3 is 2.77 bits per heavy atom. The molecule has 2 aromatic heterocycles. The van der Waals surface area contributed by atoms with Gasteiger partial charge >= 0.3 is 0 Å². The minimum Gasteiger partial charge on any atom is -0.342 e. The van der Waals surface area contributed by atoms with Gasteiger partial charge in [0, 0.05) is 54.6 Å². The molecule has 0 unspecified atom stereocenters. The van der Waals surface area contributed by atoms with Gasteiger partial charge in [-0.1, -0.05) is 11.6 Å². The van der Waals surface area contributed by atoms with Crippen molar-refractivity contribution in [2.24, 2.45) is 7.05 Å². The Hall–Kier alpha value is -2.21. The fraction of sp³-hybridized carbons (Fsp3) is 0.625. The van der Waals surface area contributed by atoms with E-state index in [1.54, 1.807) is 0 Å². The molecule has 0 aliphatic carbocycles. The summed E-state index contributed by atoms with van der Waals surface area (Å²) in [5.41, 5.74) is 4.19. The zero-order valence-electron chi connectivity index (χ0n) is 19.2. The lowest BCUT2D eigenvalue weighted by molar-refractivity contribution is -0.131.